The molecule has 1 amide bonds. The zero-order chi connectivity index (χ0) is 18.2. The molecule has 134 valence electrons. The smallest absolute Gasteiger partial charge is 0.217 e. The van der Waals surface area contributed by atoms with Crippen molar-refractivity contribution in [3.05, 3.63) is 53.1 Å². The van der Waals surface area contributed by atoms with Gasteiger partial charge in [-0.15, -0.1) is 0 Å². The molecule has 1 atom stereocenters. The summed E-state index contributed by atoms with van der Waals surface area (Å²) in [4.78, 5) is 11.0. The molecule has 0 radical (unpaired) electrons. The van der Waals surface area contributed by atoms with Crippen molar-refractivity contribution in [1.29, 1.82) is 0 Å². The summed E-state index contributed by atoms with van der Waals surface area (Å²) >= 11 is 6.29. The Morgan fingerprint density at radius 3 is 2.44 bits per heavy atom. The van der Waals surface area contributed by atoms with Crippen LogP contribution in [0.25, 0.3) is 0 Å². The lowest BCUT2D eigenvalue weighted by Gasteiger charge is -2.14. The highest BCUT2D eigenvalue weighted by molar-refractivity contribution is 6.32. The summed E-state index contributed by atoms with van der Waals surface area (Å²) in [6, 6.07) is 13.1. The summed E-state index contributed by atoms with van der Waals surface area (Å²) in [7, 11) is 0. The van der Waals surface area contributed by atoms with E-state index in [1.807, 2.05) is 49.4 Å². The Kier molecular flexibility index (Phi) is 7.14. The number of hydrogen-bond acceptors (Lipinski definition) is 3. The van der Waals surface area contributed by atoms with Gasteiger partial charge < -0.3 is 14.8 Å². The minimum atomic E-state index is -0.0679. The quantitative estimate of drug-likeness (QED) is 0.720. The average Bonchev–Trinajstić information content (AvgIpc) is 2.56. The van der Waals surface area contributed by atoms with Crippen LogP contribution >= 0.6 is 11.6 Å². The van der Waals surface area contributed by atoms with Crippen molar-refractivity contribution in [1.82, 2.24) is 5.32 Å². The van der Waals surface area contributed by atoms with E-state index in [0.29, 0.717) is 28.9 Å². The first-order valence-corrected chi connectivity index (χ1v) is 8.82. The number of ether oxygens (including phenoxy) is 2. The maximum absolute atomic E-state index is 11.0. The van der Waals surface area contributed by atoms with Crippen LogP contribution in [0.4, 0.5) is 0 Å². The SMILES string of the molecule is CCCc1ccc(Oc2ccc(OC[C@H](C)NC(C)=O)cc2)c(Cl)c1. The molecule has 0 saturated heterocycles. The van der Waals surface area contributed by atoms with E-state index in [0.717, 1.165) is 12.8 Å². The third kappa shape index (κ3) is 6.31. The lowest BCUT2D eigenvalue weighted by atomic mass is 10.1. The number of carbonyl (C=O) groups excluding carboxylic acids is 1. The molecule has 0 saturated carbocycles. The molecule has 2 aromatic rings. The predicted octanol–water partition coefficient (Wildman–Crippen LogP) is 4.99. The molecule has 25 heavy (non-hydrogen) atoms. The second kappa shape index (κ2) is 9.33. The Balaban J connectivity index is 1.93. The molecule has 0 bridgehead atoms. The second-order valence-corrected chi connectivity index (χ2v) is 6.41. The number of carbonyl (C=O) groups is 1. The van der Waals surface area contributed by atoms with Gasteiger partial charge in [0.15, 0.2) is 0 Å². The van der Waals surface area contributed by atoms with E-state index in [9.17, 15) is 4.79 Å². The molecule has 0 aliphatic rings. The zero-order valence-corrected chi connectivity index (χ0v) is 15.6. The molecule has 0 spiro atoms. The Bertz CT molecular complexity index is 701. The van der Waals surface area contributed by atoms with Crippen LogP contribution in [0.2, 0.25) is 5.02 Å². The first-order valence-electron chi connectivity index (χ1n) is 8.44. The summed E-state index contributed by atoms with van der Waals surface area (Å²) in [5, 5.41) is 3.38. The number of halogens is 1. The zero-order valence-electron chi connectivity index (χ0n) is 14.8. The highest BCUT2D eigenvalue weighted by Crippen LogP contribution is 2.31. The molecule has 4 nitrogen and oxygen atoms in total. The van der Waals surface area contributed by atoms with E-state index in [-0.39, 0.29) is 11.9 Å². The molecular weight excluding hydrogens is 338 g/mol. The molecule has 0 aliphatic heterocycles. The van der Waals surface area contributed by atoms with Gasteiger partial charge in [-0.2, -0.15) is 0 Å². The monoisotopic (exact) mass is 361 g/mol. The summed E-state index contributed by atoms with van der Waals surface area (Å²) < 4.78 is 11.5. The van der Waals surface area contributed by atoms with Crippen molar-refractivity contribution in [3.63, 3.8) is 0 Å². The summed E-state index contributed by atoms with van der Waals surface area (Å²) in [5.74, 6) is 1.97. The Morgan fingerprint density at radius 2 is 1.84 bits per heavy atom. The predicted molar refractivity (Wildman–Crippen MR) is 101 cm³/mol. The number of amides is 1. The van der Waals surface area contributed by atoms with Crippen LogP contribution in [0.3, 0.4) is 0 Å². The normalized spacial score (nSPS) is 11.7. The van der Waals surface area contributed by atoms with Crippen LogP contribution in [0.15, 0.2) is 42.5 Å². The third-order valence-corrected chi connectivity index (χ3v) is 3.83. The molecule has 0 fully saturated rings. The number of nitrogens with one attached hydrogen (secondary N) is 1. The maximum Gasteiger partial charge on any atom is 0.217 e. The minimum Gasteiger partial charge on any atom is -0.491 e. The van der Waals surface area contributed by atoms with Crippen LogP contribution < -0.4 is 14.8 Å². The molecule has 1 N–H and O–H groups in total. The lowest BCUT2D eigenvalue weighted by Crippen LogP contribution is -2.35. The molecule has 2 rings (SSSR count). The molecule has 0 unspecified atom stereocenters. The average molecular weight is 362 g/mol. The molecule has 2 aromatic carbocycles. The Hall–Kier alpha value is -2.20. The van der Waals surface area contributed by atoms with Crippen LogP contribution in [0.1, 0.15) is 32.8 Å². The van der Waals surface area contributed by atoms with Gasteiger partial charge in [-0.1, -0.05) is 31.0 Å². The van der Waals surface area contributed by atoms with E-state index in [1.165, 1.54) is 12.5 Å². The largest absolute Gasteiger partial charge is 0.491 e. The van der Waals surface area contributed by atoms with Crippen molar-refractivity contribution >= 4 is 17.5 Å². The summed E-state index contributed by atoms with van der Waals surface area (Å²) in [6.07, 6.45) is 2.08. The van der Waals surface area contributed by atoms with Gasteiger partial charge in [0.1, 0.15) is 23.9 Å². The second-order valence-electron chi connectivity index (χ2n) is 6.00. The van der Waals surface area contributed by atoms with Gasteiger partial charge in [0.2, 0.25) is 5.91 Å². The van der Waals surface area contributed by atoms with E-state index in [1.54, 1.807) is 0 Å². The van der Waals surface area contributed by atoms with Crippen molar-refractivity contribution in [3.8, 4) is 17.2 Å². The van der Waals surface area contributed by atoms with E-state index < -0.39 is 0 Å². The lowest BCUT2D eigenvalue weighted by molar-refractivity contribution is -0.119. The van der Waals surface area contributed by atoms with Gasteiger partial charge in [-0.05, 0) is 55.3 Å². The fourth-order valence-corrected chi connectivity index (χ4v) is 2.65. The topological polar surface area (TPSA) is 47.6 Å². The van der Waals surface area contributed by atoms with Gasteiger partial charge in [0, 0.05) is 6.92 Å². The molecular formula is C20H24ClNO3. The standard InChI is InChI=1S/C20H24ClNO3/c1-4-5-16-6-11-20(19(21)12-16)25-18-9-7-17(8-10-18)24-13-14(2)22-15(3)23/h6-12,14H,4-5,13H2,1-3H3,(H,22,23)/t14-/m0/s1. The Labute approximate surface area is 154 Å². The van der Waals surface area contributed by atoms with Crippen molar-refractivity contribution in [2.75, 3.05) is 6.61 Å². The van der Waals surface area contributed by atoms with Gasteiger partial charge in [0.05, 0.1) is 11.1 Å². The first kappa shape index (κ1) is 19.1. The number of benzene rings is 2. The van der Waals surface area contributed by atoms with Gasteiger partial charge >= 0.3 is 0 Å². The molecule has 0 aliphatic carbocycles. The van der Waals surface area contributed by atoms with Gasteiger partial charge in [-0.3, -0.25) is 4.79 Å². The number of aryl methyl sites for hydroxylation is 1. The van der Waals surface area contributed by atoms with E-state index >= 15 is 0 Å². The summed E-state index contributed by atoms with van der Waals surface area (Å²) in [6.45, 7) is 5.93. The van der Waals surface area contributed by atoms with Crippen LogP contribution in [-0.4, -0.2) is 18.6 Å². The van der Waals surface area contributed by atoms with Crippen LogP contribution in [0, 0.1) is 0 Å². The number of rotatable bonds is 8. The van der Waals surface area contributed by atoms with Crippen molar-refractivity contribution in [2.24, 2.45) is 0 Å². The molecule has 5 heteroatoms. The van der Waals surface area contributed by atoms with E-state index in [2.05, 4.69) is 12.2 Å². The van der Waals surface area contributed by atoms with Gasteiger partial charge in [0.25, 0.3) is 0 Å². The fourth-order valence-electron chi connectivity index (χ4n) is 2.41. The van der Waals surface area contributed by atoms with Crippen molar-refractivity contribution < 1.29 is 14.3 Å². The van der Waals surface area contributed by atoms with Crippen molar-refractivity contribution in [2.45, 2.75) is 39.7 Å². The first-order chi connectivity index (χ1) is 12.0. The molecule has 0 aromatic heterocycles. The van der Waals surface area contributed by atoms with Crippen LogP contribution in [-0.2, 0) is 11.2 Å². The van der Waals surface area contributed by atoms with Gasteiger partial charge in [-0.25, -0.2) is 0 Å². The fraction of sp³-hybridized carbons (Fsp3) is 0.350. The number of hydrogen-bond donors (Lipinski definition) is 1. The highest BCUT2D eigenvalue weighted by Gasteiger charge is 2.07. The van der Waals surface area contributed by atoms with E-state index in [4.69, 9.17) is 21.1 Å². The highest BCUT2D eigenvalue weighted by atomic mass is 35.5. The minimum absolute atomic E-state index is 0.0473. The van der Waals surface area contributed by atoms with Crippen LogP contribution in [0.5, 0.6) is 17.2 Å². The molecule has 0 heterocycles. The Morgan fingerprint density at radius 1 is 1.16 bits per heavy atom. The third-order valence-electron chi connectivity index (χ3n) is 3.54. The summed E-state index contributed by atoms with van der Waals surface area (Å²) in [5.41, 5.74) is 1.21. The maximum atomic E-state index is 11.0.